The molecule has 0 N–H and O–H groups in total. The summed E-state index contributed by atoms with van der Waals surface area (Å²) in [6.07, 6.45) is 5.62. The highest BCUT2D eigenvalue weighted by Crippen LogP contribution is 2.31. The van der Waals surface area contributed by atoms with Gasteiger partial charge in [-0.05, 0) is 49.6 Å². The van der Waals surface area contributed by atoms with Gasteiger partial charge in [-0.1, -0.05) is 29.8 Å². The smallest absolute Gasteiger partial charge is 0.286 e. The highest BCUT2D eigenvalue weighted by molar-refractivity contribution is 8.18. The van der Waals surface area contributed by atoms with Crippen LogP contribution in [0.3, 0.4) is 0 Å². The van der Waals surface area contributed by atoms with Crippen molar-refractivity contribution in [2.24, 2.45) is 4.99 Å². The molecular weight excluding hydrogens is 268 g/mol. The van der Waals surface area contributed by atoms with Crippen LogP contribution in [0.25, 0.3) is 6.08 Å². The number of rotatable bonds is 1. The molecule has 2 heterocycles. The molecule has 104 valence electrons. The summed E-state index contributed by atoms with van der Waals surface area (Å²) in [5, 5.41) is 0.882. The lowest BCUT2D eigenvalue weighted by Gasteiger charge is -2.27. The molecule has 2 aliphatic heterocycles. The van der Waals surface area contributed by atoms with Gasteiger partial charge < -0.3 is 4.90 Å². The molecule has 0 bridgehead atoms. The third-order valence-corrected chi connectivity index (χ3v) is 4.66. The zero-order chi connectivity index (χ0) is 13.9. The van der Waals surface area contributed by atoms with Crippen LogP contribution in [-0.4, -0.2) is 29.1 Å². The largest absolute Gasteiger partial charge is 0.351 e. The van der Waals surface area contributed by atoms with Crippen molar-refractivity contribution in [3.05, 3.63) is 40.3 Å². The first-order valence-electron chi connectivity index (χ1n) is 7.06. The predicted octanol–water partition coefficient (Wildman–Crippen LogP) is 3.45. The van der Waals surface area contributed by atoms with Crippen molar-refractivity contribution in [3.63, 3.8) is 0 Å². The standard InChI is InChI=1S/C16H18N2OS/c1-12-5-7-13(8-6-12)11-14-15(19)17-16(20-14)18-9-3-2-4-10-18/h5-8,11H,2-4,9-10H2,1H3/b14-11+. The van der Waals surface area contributed by atoms with Crippen LogP contribution in [0.1, 0.15) is 30.4 Å². The minimum Gasteiger partial charge on any atom is -0.351 e. The van der Waals surface area contributed by atoms with Gasteiger partial charge in [-0.3, -0.25) is 4.79 Å². The lowest BCUT2D eigenvalue weighted by atomic mass is 10.1. The molecule has 20 heavy (non-hydrogen) atoms. The van der Waals surface area contributed by atoms with E-state index >= 15 is 0 Å². The van der Waals surface area contributed by atoms with Gasteiger partial charge in [0.15, 0.2) is 5.17 Å². The highest BCUT2D eigenvalue weighted by atomic mass is 32.2. The molecule has 0 atom stereocenters. The SMILES string of the molecule is Cc1ccc(/C=C2/SC(N3CCCCC3)=NC2=O)cc1. The van der Waals surface area contributed by atoms with E-state index in [1.54, 1.807) is 0 Å². The molecule has 2 aliphatic rings. The number of hydrogen-bond donors (Lipinski definition) is 0. The first-order chi connectivity index (χ1) is 9.72. The first kappa shape index (κ1) is 13.4. The van der Waals surface area contributed by atoms with E-state index in [0.717, 1.165) is 28.7 Å². The molecule has 0 unspecified atom stereocenters. The van der Waals surface area contributed by atoms with Crippen LogP contribution in [0.4, 0.5) is 0 Å². The number of benzene rings is 1. The summed E-state index contributed by atoms with van der Waals surface area (Å²) in [5.74, 6) is -0.101. The summed E-state index contributed by atoms with van der Waals surface area (Å²) in [6.45, 7) is 4.11. The Morgan fingerprint density at radius 3 is 2.55 bits per heavy atom. The van der Waals surface area contributed by atoms with Gasteiger partial charge in [0.1, 0.15) is 0 Å². The fraction of sp³-hybridized carbons (Fsp3) is 0.375. The zero-order valence-corrected chi connectivity index (χ0v) is 12.4. The van der Waals surface area contributed by atoms with E-state index in [4.69, 9.17) is 0 Å². The van der Waals surface area contributed by atoms with Crippen LogP contribution in [0, 0.1) is 6.92 Å². The van der Waals surface area contributed by atoms with Gasteiger partial charge in [0.05, 0.1) is 4.91 Å². The molecule has 1 fully saturated rings. The third kappa shape index (κ3) is 2.96. The summed E-state index contributed by atoms with van der Waals surface area (Å²) in [5.41, 5.74) is 2.28. The Bertz CT molecular complexity index is 569. The van der Waals surface area contributed by atoms with Gasteiger partial charge in [-0.15, -0.1) is 0 Å². The van der Waals surface area contributed by atoms with Gasteiger partial charge in [-0.2, -0.15) is 4.99 Å². The minimum atomic E-state index is -0.101. The second-order valence-corrected chi connectivity index (χ2v) is 6.28. The number of thioether (sulfide) groups is 1. The molecule has 1 amide bonds. The molecule has 1 aromatic rings. The number of amides is 1. The molecule has 3 rings (SSSR count). The van der Waals surface area contributed by atoms with Gasteiger partial charge in [0.25, 0.3) is 5.91 Å². The Balaban J connectivity index is 1.74. The van der Waals surface area contributed by atoms with Crippen LogP contribution in [0.2, 0.25) is 0 Å². The number of nitrogens with zero attached hydrogens (tertiary/aromatic N) is 2. The molecule has 3 nitrogen and oxygen atoms in total. The lowest BCUT2D eigenvalue weighted by molar-refractivity contribution is -0.113. The Kier molecular flexibility index (Phi) is 3.92. The molecule has 0 radical (unpaired) electrons. The van der Waals surface area contributed by atoms with Gasteiger partial charge in [-0.25, -0.2) is 0 Å². The Morgan fingerprint density at radius 1 is 1.15 bits per heavy atom. The van der Waals surface area contributed by atoms with Crippen molar-refractivity contribution in [2.75, 3.05) is 13.1 Å². The highest BCUT2D eigenvalue weighted by Gasteiger charge is 2.26. The summed E-state index contributed by atoms with van der Waals surface area (Å²) in [4.78, 5) is 19.2. The number of likely N-dealkylation sites (tertiary alicyclic amines) is 1. The number of carbonyl (C=O) groups excluding carboxylic acids is 1. The second-order valence-electron chi connectivity index (χ2n) is 5.27. The molecule has 0 saturated carbocycles. The average molecular weight is 286 g/mol. The number of amidine groups is 1. The van der Waals surface area contributed by atoms with Crippen molar-refractivity contribution in [1.82, 2.24) is 4.90 Å². The van der Waals surface area contributed by atoms with Crippen molar-refractivity contribution < 1.29 is 4.79 Å². The average Bonchev–Trinajstić information content (AvgIpc) is 2.84. The van der Waals surface area contributed by atoms with Crippen LogP contribution in [-0.2, 0) is 4.79 Å². The Morgan fingerprint density at radius 2 is 1.85 bits per heavy atom. The number of carbonyl (C=O) groups is 1. The van der Waals surface area contributed by atoms with E-state index in [0.29, 0.717) is 0 Å². The first-order valence-corrected chi connectivity index (χ1v) is 7.88. The van der Waals surface area contributed by atoms with Crippen LogP contribution < -0.4 is 0 Å². The maximum atomic E-state index is 12.0. The van der Waals surface area contributed by atoms with Gasteiger partial charge in [0.2, 0.25) is 0 Å². The van der Waals surface area contributed by atoms with Crippen LogP contribution in [0.15, 0.2) is 34.2 Å². The molecule has 1 aromatic carbocycles. The van der Waals surface area contributed by atoms with Crippen molar-refractivity contribution in [2.45, 2.75) is 26.2 Å². The number of piperidine rings is 1. The fourth-order valence-electron chi connectivity index (χ4n) is 2.43. The summed E-state index contributed by atoms with van der Waals surface area (Å²) < 4.78 is 0. The summed E-state index contributed by atoms with van der Waals surface area (Å²) in [7, 11) is 0. The van der Waals surface area contributed by atoms with Gasteiger partial charge in [0, 0.05) is 13.1 Å². The fourth-order valence-corrected chi connectivity index (χ4v) is 3.40. The second kappa shape index (κ2) is 5.83. The van der Waals surface area contributed by atoms with E-state index in [1.807, 2.05) is 18.2 Å². The Labute approximate surface area is 123 Å². The van der Waals surface area contributed by atoms with Crippen molar-refractivity contribution in [3.8, 4) is 0 Å². The molecule has 0 spiro atoms. The van der Waals surface area contributed by atoms with E-state index in [9.17, 15) is 4.79 Å². The molecule has 0 aliphatic carbocycles. The number of hydrogen-bond acceptors (Lipinski definition) is 3. The number of aryl methyl sites for hydroxylation is 1. The maximum Gasteiger partial charge on any atom is 0.286 e. The van der Waals surface area contributed by atoms with E-state index in [1.165, 1.54) is 36.6 Å². The number of aliphatic imine (C=N–C) groups is 1. The van der Waals surface area contributed by atoms with Gasteiger partial charge >= 0.3 is 0 Å². The molecular formula is C16H18N2OS. The minimum absolute atomic E-state index is 0.101. The van der Waals surface area contributed by atoms with Crippen molar-refractivity contribution in [1.29, 1.82) is 0 Å². The third-order valence-electron chi connectivity index (χ3n) is 3.61. The van der Waals surface area contributed by atoms with E-state index in [2.05, 4.69) is 28.9 Å². The Hall–Kier alpha value is -1.55. The summed E-state index contributed by atoms with van der Waals surface area (Å²) in [6, 6.07) is 8.19. The summed E-state index contributed by atoms with van der Waals surface area (Å²) >= 11 is 1.51. The van der Waals surface area contributed by atoms with Crippen LogP contribution in [0.5, 0.6) is 0 Å². The maximum absolute atomic E-state index is 12.0. The van der Waals surface area contributed by atoms with E-state index in [-0.39, 0.29) is 5.91 Å². The lowest BCUT2D eigenvalue weighted by Crippen LogP contribution is -2.33. The zero-order valence-electron chi connectivity index (χ0n) is 11.6. The molecule has 0 aromatic heterocycles. The normalized spacial score (nSPS) is 21.4. The molecule has 1 saturated heterocycles. The quantitative estimate of drug-likeness (QED) is 0.741. The predicted molar refractivity (Wildman–Crippen MR) is 84.6 cm³/mol. The molecule has 4 heteroatoms. The van der Waals surface area contributed by atoms with Crippen molar-refractivity contribution >= 4 is 28.9 Å². The topological polar surface area (TPSA) is 32.7 Å². The van der Waals surface area contributed by atoms with E-state index < -0.39 is 0 Å². The van der Waals surface area contributed by atoms with Crippen LogP contribution >= 0.6 is 11.8 Å². The monoisotopic (exact) mass is 286 g/mol.